The van der Waals surface area contributed by atoms with E-state index in [1.807, 2.05) is 30.3 Å². The Morgan fingerprint density at radius 1 is 0.953 bits per heavy atom. The fourth-order valence-corrected chi connectivity index (χ4v) is 8.48. The molecule has 232 valence electrons. The molecule has 12 heteroatoms. The quantitative estimate of drug-likeness (QED) is 0.279. The normalized spacial score (nSPS) is 21.7. The van der Waals surface area contributed by atoms with Crippen LogP contribution in [0.1, 0.15) is 32.1 Å². The molecule has 0 aromatic heterocycles. The molecule has 1 aliphatic carbocycles. The van der Waals surface area contributed by atoms with Gasteiger partial charge in [0.1, 0.15) is 18.5 Å². The van der Waals surface area contributed by atoms with E-state index in [0.717, 1.165) is 30.0 Å². The van der Waals surface area contributed by atoms with Crippen molar-refractivity contribution in [1.29, 1.82) is 0 Å². The van der Waals surface area contributed by atoms with E-state index < -0.39 is 26.2 Å². The second-order valence-electron chi connectivity index (χ2n) is 12.0. The number of hydrogen-bond donors (Lipinski definition) is 3. The highest BCUT2D eigenvalue weighted by atomic mass is 32.2. The summed E-state index contributed by atoms with van der Waals surface area (Å²) in [4.78, 5) is 0.451. The van der Waals surface area contributed by atoms with Gasteiger partial charge in [-0.1, -0.05) is 36.4 Å². The summed E-state index contributed by atoms with van der Waals surface area (Å²) >= 11 is 0. The van der Waals surface area contributed by atoms with Crippen LogP contribution < -0.4 is 14.8 Å². The third-order valence-corrected chi connectivity index (χ3v) is 12.0. The van der Waals surface area contributed by atoms with Crippen LogP contribution in [-0.2, 0) is 24.8 Å². The molecule has 0 radical (unpaired) electrons. The zero-order valence-corrected chi connectivity index (χ0v) is 25.7. The summed E-state index contributed by atoms with van der Waals surface area (Å²) in [7, 11) is -7.20. The van der Waals surface area contributed by atoms with Crippen LogP contribution in [0.2, 0.25) is 0 Å². The van der Waals surface area contributed by atoms with Crippen LogP contribution in [0, 0.1) is 5.92 Å². The number of rotatable bonds is 12. The average molecular weight is 630 g/mol. The molecule has 2 atom stereocenters. The van der Waals surface area contributed by atoms with Crippen molar-refractivity contribution in [3.05, 3.63) is 66.7 Å². The molecule has 1 spiro atoms. The van der Waals surface area contributed by atoms with Gasteiger partial charge in [0, 0.05) is 38.3 Å². The lowest BCUT2D eigenvalue weighted by Crippen LogP contribution is -2.47. The van der Waals surface area contributed by atoms with Crippen LogP contribution in [0.15, 0.2) is 76.5 Å². The van der Waals surface area contributed by atoms with Crippen molar-refractivity contribution in [2.45, 2.75) is 59.6 Å². The van der Waals surface area contributed by atoms with Gasteiger partial charge in [-0.2, -0.15) is 4.31 Å². The molecule has 3 fully saturated rings. The van der Waals surface area contributed by atoms with Crippen molar-refractivity contribution in [2.24, 2.45) is 5.92 Å². The largest absolute Gasteiger partial charge is 0.491 e. The Kier molecular flexibility index (Phi) is 8.80. The minimum atomic E-state index is -3.60. The van der Waals surface area contributed by atoms with Crippen LogP contribution in [0.4, 0.5) is 0 Å². The summed E-state index contributed by atoms with van der Waals surface area (Å²) in [5.74, 6) is 0.809. The first-order valence-corrected chi connectivity index (χ1v) is 17.8. The first-order valence-electron chi connectivity index (χ1n) is 14.9. The molecule has 0 amide bonds. The molecule has 2 saturated heterocycles. The zero-order valence-electron chi connectivity index (χ0n) is 24.0. The van der Waals surface area contributed by atoms with Crippen molar-refractivity contribution in [2.75, 3.05) is 39.4 Å². The van der Waals surface area contributed by atoms with Gasteiger partial charge in [-0.25, -0.2) is 21.6 Å². The Balaban J connectivity index is 0.953. The van der Waals surface area contributed by atoms with Gasteiger partial charge in [-0.05, 0) is 73.1 Å². The van der Waals surface area contributed by atoms with E-state index in [0.29, 0.717) is 55.6 Å². The minimum Gasteiger partial charge on any atom is -0.491 e. The number of nitrogens with zero attached hydrogens (tertiary/aromatic N) is 1. The van der Waals surface area contributed by atoms with Gasteiger partial charge >= 0.3 is 0 Å². The van der Waals surface area contributed by atoms with Gasteiger partial charge in [0.25, 0.3) is 0 Å². The van der Waals surface area contributed by atoms with Crippen LogP contribution in [-0.4, -0.2) is 83.4 Å². The van der Waals surface area contributed by atoms with E-state index >= 15 is 0 Å². The molecular formula is C31H39N3O7S2. The second-order valence-corrected chi connectivity index (χ2v) is 15.7. The maximum absolute atomic E-state index is 13.4. The molecule has 10 nitrogen and oxygen atoms in total. The van der Waals surface area contributed by atoms with Gasteiger partial charge in [-0.3, -0.25) is 0 Å². The second kappa shape index (κ2) is 12.4. The van der Waals surface area contributed by atoms with Gasteiger partial charge in [-0.15, -0.1) is 0 Å². The zero-order chi connectivity index (χ0) is 30.1. The van der Waals surface area contributed by atoms with Crippen LogP contribution in [0.25, 0.3) is 10.8 Å². The van der Waals surface area contributed by atoms with Crippen molar-refractivity contribution in [3.8, 4) is 5.75 Å². The lowest BCUT2D eigenvalue weighted by Gasteiger charge is -2.38. The first kappa shape index (κ1) is 30.4. The predicted molar refractivity (Wildman–Crippen MR) is 163 cm³/mol. The van der Waals surface area contributed by atoms with E-state index in [1.54, 1.807) is 28.6 Å². The Hall–Kier alpha value is -2.58. The summed E-state index contributed by atoms with van der Waals surface area (Å²) in [5, 5.41) is 15.8. The lowest BCUT2D eigenvalue weighted by molar-refractivity contribution is -0.0312. The van der Waals surface area contributed by atoms with Crippen molar-refractivity contribution < 1.29 is 31.4 Å². The third-order valence-electron chi connectivity index (χ3n) is 8.66. The van der Waals surface area contributed by atoms with Gasteiger partial charge in [0.15, 0.2) is 0 Å². The monoisotopic (exact) mass is 629 g/mol. The smallest absolute Gasteiger partial charge is 0.243 e. The maximum atomic E-state index is 13.4. The molecule has 6 rings (SSSR count). The van der Waals surface area contributed by atoms with E-state index in [4.69, 9.17) is 9.47 Å². The molecule has 2 heterocycles. The van der Waals surface area contributed by atoms with Crippen LogP contribution in [0.5, 0.6) is 5.75 Å². The summed E-state index contributed by atoms with van der Waals surface area (Å²) in [5.41, 5.74) is -0.381. The van der Waals surface area contributed by atoms with Crippen molar-refractivity contribution in [1.82, 2.24) is 14.3 Å². The summed E-state index contributed by atoms with van der Waals surface area (Å²) in [6, 6.07) is 19.3. The molecule has 43 heavy (non-hydrogen) atoms. The molecule has 2 aliphatic heterocycles. The third kappa shape index (κ3) is 7.22. The molecule has 1 unspecified atom stereocenters. The number of hydrogen-bond acceptors (Lipinski definition) is 8. The fraction of sp³-hybridized carbons (Fsp3) is 0.484. The highest BCUT2D eigenvalue weighted by Crippen LogP contribution is 2.37. The highest BCUT2D eigenvalue weighted by Gasteiger charge is 2.44. The minimum absolute atomic E-state index is 0.00627. The fourth-order valence-electron chi connectivity index (χ4n) is 5.85. The highest BCUT2D eigenvalue weighted by molar-refractivity contribution is 7.89. The molecule has 1 saturated carbocycles. The SMILES string of the molecule is O=S(=O)(NCC1CC1)c1cccc(OC[C@@H](O)CNC2COC3(CCN(S(=O)(=O)c4ccc5ccccc5c4)CC3)C2)c1. The van der Waals surface area contributed by atoms with Crippen molar-refractivity contribution in [3.63, 3.8) is 0 Å². The van der Waals surface area contributed by atoms with E-state index in [1.165, 1.54) is 12.1 Å². The number of nitrogens with one attached hydrogen (secondary N) is 2. The Morgan fingerprint density at radius 3 is 2.49 bits per heavy atom. The number of fused-ring (bicyclic) bond motifs is 1. The van der Waals surface area contributed by atoms with Crippen molar-refractivity contribution >= 4 is 30.8 Å². The van der Waals surface area contributed by atoms with Gasteiger partial charge in [0.2, 0.25) is 20.0 Å². The first-order chi connectivity index (χ1) is 20.6. The van der Waals surface area contributed by atoms with Crippen LogP contribution in [0.3, 0.4) is 0 Å². The Bertz CT molecular complexity index is 1650. The maximum Gasteiger partial charge on any atom is 0.243 e. The number of ether oxygens (including phenoxy) is 2. The van der Waals surface area contributed by atoms with E-state index in [9.17, 15) is 21.9 Å². The molecule has 3 aromatic carbocycles. The molecule has 3 N–H and O–H groups in total. The van der Waals surface area contributed by atoms with E-state index in [2.05, 4.69) is 10.0 Å². The van der Waals surface area contributed by atoms with Gasteiger partial charge < -0.3 is 19.9 Å². The number of aliphatic hydroxyl groups excluding tert-OH is 1. The number of benzene rings is 3. The van der Waals surface area contributed by atoms with E-state index in [-0.39, 0.29) is 29.7 Å². The summed E-state index contributed by atoms with van der Waals surface area (Å²) in [6.07, 6.45) is 3.26. The number of aliphatic hydroxyl groups is 1. The number of piperidine rings is 1. The van der Waals surface area contributed by atoms with Crippen LogP contribution >= 0.6 is 0 Å². The Labute approximate surface area is 253 Å². The number of sulfonamides is 2. The average Bonchev–Trinajstić information content (AvgIpc) is 3.78. The summed E-state index contributed by atoms with van der Waals surface area (Å²) < 4.78 is 67.9. The molecule has 3 aromatic rings. The lowest BCUT2D eigenvalue weighted by atomic mass is 9.88. The Morgan fingerprint density at radius 2 is 1.72 bits per heavy atom. The molecule has 3 aliphatic rings. The summed E-state index contributed by atoms with van der Waals surface area (Å²) in [6.45, 7) is 2.01. The molecule has 0 bridgehead atoms. The van der Waals surface area contributed by atoms with Gasteiger partial charge in [0.05, 0.1) is 22.0 Å². The standard InChI is InChI=1S/C31H39N3O7S2/c35-27(22-40-28-6-3-7-29(17-28)42(36,37)33-19-23-8-9-23)20-32-26-18-31(41-21-26)12-14-34(15-13-31)43(38,39)30-11-10-24-4-1-2-5-25(24)16-30/h1-7,10-11,16-17,23,26-27,32-33,35H,8-9,12-15,18-22H2/t26?,27-/m0/s1. The topological polar surface area (TPSA) is 134 Å². The molecular weight excluding hydrogens is 590 g/mol. The predicted octanol–water partition coefficient (Wildman–Crippen LogP) is 2.87.